The van der Waals surface area contributed by atoms with Crippen LogP contribution in [0.15, 0.2) is 24.3 Å². The molecule has 1 aromatic rings. The lowest BCUT2D eigenvalue weighted by atomic mass is 9.70. The maximum atomic E-state index is 11.7. The van der Waals surface area contributed by atoms with E-state index in [1.54, 1.807) is 0 Å². The molecule has 1 spiro atoms. The van der Waals surface area contributed by atoms with Gasteiger partial charge in [-0.25, -0.2) is 0 Å². The van der Waals surface area contributed by atoms with Crippen LogP contribution in [0, 0.1) is 0 Å². The number of hydrogen-bond acceptors (Lipinski definition) is 3. The number of benzene rings is 1. The van der Waals surface area contributed by atoms with Crippen LogP contribution in [0.25, 0.3) is 0 Å². The summed E-state index contributed by atoms with van der Waals surface area (Å²) in [6, 6.07) is 7.94. The summed E-state index contributed by atoms with van der Waals surface area (Å²) in [6.45, 7) is 1.95. The van der Waals surface area contributed by atoms with E-state index in [1.807, 2.05) is 18.2 Å². The fourth-order valence-electron chi connectivity index (χ4n) is 3.24. The first kappa shape index (κ1) is 11.5. The van der Waals surface area contributed by atoms with Crippen molar-refractivity contribution in [3.05, 3.63) is 29.8 Å². The van der Waals surface area contributed by atoms with E-state index in [1.165, 1.54) is 0 Å². The van der Waals surface area contributed by atoms with Crippen LogP contribution in [-0.4, -0.2) is 37.0 Å². The number of fused-ring (bicyclic) bond motifs is 2. The number of ether oxygens (including phenoxy) is 1. The number of rotatable bonds is 1. The summed E-state index contributed by atoms with van der Waals surface area (Å²) in [6.07, 6.45) is 1.34. The van der Waals surface area contributed by atoms with Crippen molar-refractivity contribution in [3.8, 4) is 5.75 Å². The van der Waals surface area contributed by atoms with Gasteiger partial charge in [-0.3, -0.25) is 4.79 Å². The third-order valence-corrected chi connectivity index (χ3v) is 4.31. The molecular formula is C14H18N2O2. The fourth-order valence-corrected chi connectivity index (χ4v) is 3.24. The molecule has 0 aliphatic carbocycles. The number of piperidine rings is 1. The van der Waals surface area contributed by atoms with E-state index >= 15 is 0 Å². The van der Waals surface area contributed by atoms with E-state index in [-0.39, 0.29) is 11.3 Å². The SMILES string of the molecule is CN1CCC2(CC1)c1ccccc1OC2C(N)=O. The molecule has 0 radical (unpaired) electrons. The zero-order valence-corrected chi connectivity index (χ0v) is 10.6. The van der Waals surface area contributed by atoms with E-state index in [0.29, 0.717) is 0 Å². The lowest BCUT2D eigenvalue weighted by Crippen LogP contribution is -2.52. The Bertz CT molecular complexity index is 478. The predicted molar refractivity (Wildman–Crippen MR) is 68.5 cm³/mol. The number of hydrogen-bond donors (Lipinski definition) is 1. The minimum Gasteiger partial charge on any atom is -0.479 e. The Morgan fingerprint density at radius 3 is 2.72 bits per heavy atom. The molecule has 18 heavy (non-hydrogen) atoms. The van der Waals surface area contributed by atoms with Crippen molar-refractivity contribution in [2.75, 3.05) is 20.1 Å². The van der Waals surface area contributed by atoms with Gasteiger partial charge >= 0.3 is 0 Å². The predicted octanol–water partition coefficient (Wildman–Crippen LogP) is 0.896. The van der Waals surface area contributed by atoms with Crippen molar-refractivity contribution in [3.63, 3.8) is 0 Å². The molecule has 1 amide bonds. The molecule has 1 atom stereocenters. The molecule has 2 heterocycles. The van der Waals surface area contributed by atoms with Crippen molar-refractivity contribution < 1.29 is 9.53 Å². The fraction of sp³-hybridized carbons (Fsp3) is 0.500. The van der Waals surface area contributed by atoms with Gasteiger partial charge in [0, 0.05) is 11.0 Å². The van der Waals surface area contributed by atoms with Gasteiger partial charge in [0.15, 0.2) is 6.10 Å². The Labute approximate surface area is 107 Å². The van der Waals surface area contributed by atoms with E-state index in [0.717, 1.165) is 37.2 Å². The van der Waals surface area contributed by atoms with Gasteiger partial charge in [-0.2, -0.15) is 0 Å². The van der Waals surface area contributed by atoms with Crippen molar-refractivity contribution in [1.29, 1.82) is 0 Å². The van der Waals surface area contributed by atoms with Crippen LogP contribution in [0.1, 0.15) is 18.4 Å². The van der Waals surface area contributed by atoms with Crippen LogP contribution < -0.4 is 10.5 Å². The van der Waals surface area contributed by atoms with Crippen molar-refractivity contribution in [1.82, 2.24) is 4.90 Å². The first-order valence-electron chi connectivity index (χ1n) is 6.37. The number of nitrogens with zero attached hydrogens (tertiary/aromatic N) is 1. The summed E-state index contributed by atoms with van der Waals surface area (Å²) in [4.78, 5) is 14.0. The molecule has 4 heteroatoms. The van der Waals surface area contributed by atoms with Crippen LogP contribution in [0.5, 0.6) is 5.75 Å². The van der Waals surface area contributed by atoms with Gasteiger partial charge in [-0.05, 0) is 39.0 Å². The first-order valence-corrected chi connectivity index (χ1v) is 6.37. The van der Waals surface area contributed by atoms with Gasteiger partial charge in [0.1, 0.15) is 5.75 Å². The van der Waals surface area contributed by atoms with Crippen LogP contribution in [0.2, 0.25) is 0 Å². The number of para-hydroxylation sites is 1. The Morgan fingerprint density at radius 2 is 2.06 bits per heavy atom. The molecule has 2 N–H and O–H groups in total. The molecule has 0 bridgehead atoms. The van der Waals surface area contributed by atoms with Crippen molar-refractivity contribution >= 4 is 5.91 Å². The van der Waals surface area contributed by atoms with E-state index in [4.69, 9.17) is 10.5 Å². The molecule has 0 aromatic heterocycles. The second-order valence-corrected chi connectivity index (χ2v) is 5.36. The molecule has 1 fully saturated rings. The van der Waals surface area contributed by atoms with E-state index in [2.05, 4.69) is 18.0 Å². The van der Waals surface area contributed by atoms with Crippen LogP contribution in [-0.2, 0) is 10.2 Å². The number of likely N-dealkylation sites (tertiary alicyclic amines) is 1. The van der Waals surface area contributed by atoms with E-state index < -0.39 is 6.10 Å². The molecular weight excluding hydrogens is 228 g/mol. The van der Waals surface area contributed by atoms with Crippen LogP contribution >= 0.6 is 0 Å². The molecule has 2 aliphatic heterocycles. The zero-order valence-electron chi connectivity index (χ0n) is 10.6. The number of nitrogens with two attached hydrogens (primary N) is 1. The first-order chi connectivity index (χ1) is 8.63. The van der Waals surface area contributed by atoms with Crippen molar-refractivity contribution in [2.45, 2.75) is 24.4 Å². The molecule has 1 saturated heterocycles. The summed E-state index contributed by atoms with van der Waals surface area (Å²) in [5.74, 6) is 0.474. The summed E-state index contributed by atoms with van der Waals surface area (Å²) in [5, 5.41) is 0. The number of carbonyl (C=O) groups is 1. The Balaban J connectivity index is 2.05. The second-order valence-electron chi connectivity index (χ2n) is 5.36. The number of primary amides is 1. The Morgan fingerprint density at radius 1 is 1.39 bits per heavy atom. The van der Waals surface area contributed by atoms with Gasteiger partial charge in [0.25, 0.3) is 5.91 Å². The molecule has 96 valence electrons. The van der Waals surface area contributed by atoms with Crippen LogP contribution in [0.3, 0.4) is 0 Å². The third-order valence-electron chi connectivity index (χ3n) is 4.31. The molecule has 2 aliphatic rings. The highest BCUT2D eigenvalue weighted by Gasteiger charge is 2.52. The molecule has 4 nitrogen and oxygen atoms in total. The summed E-state index contributed by atoms with van der Waals surface area (Å²) < 4.78 is 5.80. The maximum absolute atomic E-state index is 11.7. The van der Waals surface area contributed by atoms with Gasteiger partial charge in [0.2, 0.25) is 0 Å². The third kappa shape index (κ3) is 1.52. The average molecular weight is 246 g/mol. The standard InChI is InChI=1S/C14H18N2O2/c1-16-8-6-14(7-9-16)10-4-2-3-5-11(10)18-12(14)13(15)17/h2-5,12H,6-9H2,1H3,(H2,15,17). The molecule has 3 rings (SSSR count). The highest BCUT2D eigenvalue weighted by molar-refractivity contribution is 5.83. The number of amides is 1. The smallest absolute Gasteiger partial charge is 0.259 e. The topological polar surface area (TPSA) is 55.6 Å². The highest BCUT2D eigenvalue weighted by atomic mass is 16.5. The lowest BCUT2D eigenvalue weighted by Gasteiger charge is -2.39. The lowest BCUT2D eigenvalue weighted by molar-refractivity contribution is -0.127. The Hall–Kier alpha value is -1.55. The summed E-state index contributed by atoms with van der Waals surface area (Å²) in [7, 11) is 2.11. The van der Waals surface area contributed by atoms with Gasteiger partial charge in [-0.1, -0.05) is 18.2 Å². The minimum atomic E-state index is -0.511. The molecule has 1 unspecified atom stereocenters. The monoisotopic (exact) mass is 246 g/mol. The second kappa shape index (κ2) is 3.99. The number of carbonyl (C=O) groups excluding carboxylic acids is 1. The average Bonchev–Trinajstić information content (AvgIpc) is 2.69. The van der Waals surface area contributed by atoms with Gasteiger partial charge in [0.05, 0.1) is 0 Å². The summed E-state index contributed by atoms with van der Waals surface area (Å²) >= 11 is 0. The van der Waals surface area contributed by atoms with Gasteiger partial charge < -0.3 is 15.4 Å². The minimum absolute atomic E-state index is 0.213. The quantitative estimate of drug-likeness (QED) is 0.801. The summed E-state index contributed by atoms with van der Waals surface area (Å²) in [5.41, 5.74) is 6.48. The van der Waals surface area contributed by atoms with Crippen molar-refractivity contribution in [2.24, 2.45) is 5.73 Å². The molecule has 1 aromatic carbocycles. The van der Waals surface area contributed by atoms with Crippen LogP contribution in [0.4, 0.5) is 0 Å². The largest absolute Gasteiger partial charge is 0.479 e. The Kier molecular flexibility index (Phi) is 2.55. The zero-order chi connectivity index (χ0) is 12.8. The highest BCUT2D eigenvalue weighted by Crippen LogP contribution is 2.48. The van der Waals surface area contributed by atoms with E-state index in [9.17, 15) is 4.79 Å². The molecule has 0 saturated carbocycles. The normalized spacial score (nSPS) is 25.7. The maximum Gasteiger partial charge on any atom is 0.259 e. The van der Waals surface area contributed by atoms with Gasteiger partial charge in [-0.15, -0.1) is 0 Å².